The largest absolute Gasteiger partial charge is 0.393 e. The number of aliphatic hydroxyl groups excluding tert-OH is 1. The van der Waals surface area contributed by atoms with Crippen molar-refractivity contribution in [2.45, 2.75) is 45.6 Å². The van der Waals surface area contributed by atoms with Gasteiger partial charge in [-0.05, 0) is 38.0 Å². The molecular formula is C10H20O2. The molecule has 12 heavy (non-hydrogen) atoms. The topological polar surface area (TPSA) is 29.5 Å². The van der Waals surface area contributed by atoms with E-state index in [4.69, 9.17) is 9.84 Å². The third kappa shape index (κ3) is 3.11. The Labute approximate surface area is 74.9 Å². The number of hydrogen-bond acceptors (Lipinski definition) is 2. The monoisotopic (exact) mass is 172 g/mol. The lowest BCUT2D eigenvalue weighted by Crippen LogP contribution is -2.27. The van der Waals surface area contributed by atoms with Crippen molar-refractivity contribution in [1.82, 2.24) is 0 Å². The highest BCUT2D eigenvalue weighted by molar-refractivity contribution is 4.77. The minimum absolute atomic E-state index is 0.148. The molecule has 1 aliphatic heterocycles. The molecule has 2 nitrogen and oxygen atoms in total. The lowest BCUT2D eigenvalue weighted by Gasteiger charge is -2.33. The van der Waals surface area contributed by atoms with E-state index >= 15 is 0 Å². The van der Waals surface area contributed by atoms with Gasteiger partial charge in [0.25, 0.3) is 0 Å². The predicted octanol–water partition coefficient (Wildman–Crippen LogP) is 1.96. The second-order valence-electron chi connectivity index (χ2n) is 4.31. The number of ether oxygens (including phenoxy) is 1. The Hall–Kier alpha value is -0.0800. The molecule has 0 spiro atoms. The summed E-state index contributed by atoms with van der Waals surface area (Å²) < 4.78 is 5.31. The van der Waals surface area contributed by atoms with Crippen molar-refractivity contribution in [2.24, 2.45) is 5.41 Å². The zero-order chi connectivity index (χ0) is 9.03. The molecule has 0 aromatic rings. The number of hydrogen-bond donors (Lipinski definition) is 1. The van der Waals surface area contributed by atoms with E-state index in [9.17, 15) is 0 Å². The van der Waals surface area contributed by atoms with Gasteiger partial charge < -0.3 is 9.84 Å². The van der Waals surface area contributed by atoms with Gasteiger partial charge in [-0.1, -0.05) is 6.92 Å². The Balaban J connectivity index is 2.26. The quantitative estimate of drug-likeness (QED) is 0.705. The molecule has 0 aromatic heterocycles. The summed E-state index contributed by atoms with van der Waals surface area (Å²) in [7, 11) is 0. The molecule has 0 bridgehead atoms. The molecule has 0 aliphatic carbocycles. The normalized spacial score (nSPS) is 25.2. The van der Waals surface area contributed by atoms with Crippen LogP contribution in [0.25, 0.3) is 0 Å². The van der Waals surface area contributed by atoms with E-state index in [1.165, 1.54) is 0 Å². The van der Waals surface area contributed by atoms with Crippen molar-refractivity contribution >= 4 is 0 Å². The average molecular weight is 172 g/mol. The molecule has 1 fully saturated rings. The molecule has 0 aromatic carbocycles. The minimum atomic E-state index is -0.148. The van der Waals surface area contributed by atoms with Crippen LogP contribution < -0.4 is 0 Å². The first-order valence-corrected chi connectivity index (χ1v) is 4.88. The SMILES string of the molecule is C[C@@H](O)CCC1(C)CCOCC1. The summed E-state index contributed by atoms with van der Waals surface area (Å²) in [5.41, 5.74) is 0.426. The van der Waals surface area contributed by atoms with Gasteiger partial charge in [-0.2, -0.15) is 0 Å². The highest BCUT2D eigenvalue weighted by Crippen LogP contribution is 2.34. The fraction of sp³-hybridized carbons (Fsp3) is 1.00. The standard InChI is InChI=1S/C10H20O2/c1-9(11)3-4-10(2)5-7-12-8-6-10/h9,11H,3-8H2,1-2H3/t9-/m1/s1. The van der Waals surface area contributed by atoms with Crippen molar-refractivity contribution in [3.8, 4) is 0 Å². The van der Waals surface area contributed by atoms with Crippen LogP contribution in [0.15, 0.2) is 0 Å². The molecule has 1 aliphatic rings. The van der Waals surface area contributed by atoms with Gasteiger partial charge in [-0.3, -0.25) is 0 Å². The zero-order valence-electron chi connectivity index (χ0n) is 8.18. The van der Waals surface area contributed by atoms with E-state index in [1.807, 2.05) is 6.92 Å². The molecule has 1 N–H and O–H groups in total. The Morgan fingerprint density at radius 2 is 2.00 bits per heavy atom. The van der Waals surface area contributed by atoms with Crippen LogP contribution in [-0.4, -0.2) is 24.4 Å². The van der Waals surface area contributed by atoms with E-state index in [0.29, 0.717) is 5.41 Å². The molecular weight excluding hydrogens is 152 g/mol. The highest BCUT2D eigenvalue weighted by atomic mass is 16.5. The summed E-state index contributed by atoms with van der Waals surface area (Å²) in [6.07, 6.45) is 4.22. The Morgan fingerprint density at radius 1 is 1.42 bits per heavy atom. The fourth-order valence-corrected chi connectivity index (χ4v) is 1.67. The molecule has 0 unspecified atom stereocenters. The first kappa shape index (κ1) is 10.0. The average Bonchev–Trinajstić information content (AvgIpc) is 2.03. The van der Waals surface area contributed by atoms with Crippen LogP contribution >= 0.6 is 0 Å². The van der Waals surface area contributed by atoms with Gasteiger partial charge in [-0.15, -0.1) is 0 Å². The minimum Gasteiger partial charge on any atom is -0.393 e. The Bertz CT molecular complexity index is 126. The predicted molar refractivity (Wildman–Crippen MR) is 49.1 cm³/mol. The molecule has 72 valence electrons. The van der Waals surface area contributed by atoms with Gasteiger partial charge in [0.05, 0.1) is 6.10 Å². The summed E-state index contributed by atoms with van der Waals surface area (Å²) in [6.45, 7) is 5.97. The Morgan fingerprint density at radius 3 is 2.50 bits per heavy atom. The fourth-order valence-electron chi connectivity index (χ4n) is 1.67. The van der Waals surface area contributed by atoms with E-state index in [0.717, 1.165) is 38.9 Å². The lowest BCUT2D eigenvalue weighted by atomic mass is 9.78. The molecule has 2 heteroatoms. The lowest BCUT2D eigenvalue weighted by molar-refractivity contribution is 0.0130. The van der Waals surface area contributed by atoms with Crippen LogP contribution in [-0.2, 0) is 4.74 Å². The summed E-state index contributed by atoms with van der Waals surface area (Å²) >= 11 is 0. The third-order valence-corrected chi connectivity index (χ3v) is 2.87. The van der Waals surface area contributed by atoms with E-state index in [2.05, 4.69) is 6.92 Å². The maximum absolute atomic E-state index is 9.17. The summed E-state index contributed by atoms with van der Waals surface area (Å²) in [5.74, 6) is 0. The van der Waals surface area contributed by atoms with Gasteiger partial charge in [-0.25, -0.2) is 0 Å². The molecule has 0 radical (unpaired) electrons. The van der Waals surface area contributed by atoms with E-state index < -0.39 is 0 Å². The van der Waals surface area contributed by atoms with Crippen molar-refractivity contribution in [2.75, 3.05) is 13.2 Å². The zero-order valence-corrected chi connectivity index (χ0v) is 8.18. The van der Waals surface area contributed by atoms with Gasteiger partial charge in [0.2, 0.25) is 0 Å². The van der Waals surface area contributed by atoms with Crippen LogP contribution in [0.3, 0.4) is 0 Å². The molecule has 1 rings (SSSR count). The third-order valence-electron chi connectivity index (χ3n) is 2.87. The second kappa shape index (κ2) is 4.24. The van der Waals surface area contributed by atoms with E-state index in [1.54, 1.807) is 0 Å². The Kier molecular flexibility index (Phi) is 3.53. The van der Waals surface area contributed by atoms with Crippen molar-refractivity contribution in [3.05, 3.63) is 0 Å². The van der Waals surface area contributed by atoms with Crippen LogP contribution in [0.1, 0.15) is 39.5 Å². The molecule has 0 saturated carbocycles. The summed E-state index contributed by atoms with van der Waals surface area (Å²) in [4.78, 5) is 0. The van der Waals surface area contributed by atoms with Gasteiger partial charge in [0.15, 0.2) is 0 Å². The van der Waals surface area contributed by atoms with Gasteiger partial charge >= 0.3 is 0 Å². The maximum Gasteiger partial charge on any atom is 0.0512 e. The van der Waals surface area contributed by atoms with E-state index in [-0.39, 0.29) is 6.10 Å². The van der Waals surface area contributed by atoms with Crippen LogP contribution in [0.5, 0.6) is 0 Å². The molecule has 1 heterocycles. The second-order valence-corrected chi connectivity index (χ2v) is 4.31. The van der Waals surface area contributed by atoms with Crippen molar-refractivity contribution < 1.29 is 9.84 Å². The number of aliphatic hydroxyl groups is 1. The van der Waals surface area contributed by atoms with Gasteiger partial charge in [0.1, 0.15) is 0 Å². The van der Waals surface area contributed by atoms with Crippen molar-refractivity contribution in [3.63, 3.8) is 0 Å². The molecule has 1 atom stereocenters. The molecule has 0 amide bonds. The highest BCUT2D eigenvalue weighted by Gasteiger charge is 2.26. The summed E-state index contributed by atoms with van der Waals surface area (Å²) in [6, 6.07) is 0. The summed E-state index contributed by atoms with van der Waals surface area (Å²) in [5, 5.41) is 9.17. The van der Waals surface area contributed by atoms with Gasteiger partial charge in [0, 0.05) is 13.2 Å². The first-order valence-electron chi connectivity index (χ1n) is 4.88. The number of rotatable bonds is 3. The van der Waals surface area contributed by atoms with Crippen LogP contribution in [0.4, 0.5) is 0 Å². The van der Waals surface area contributed by atoms with Crippen LogP contribution in [0, 0.1) is 5.41 Å². The smallest absolute Gasteiger partial charge is 0.0512 e. The van der Waals surface area contributed by atoms with Crippen molar-refractivity contribution in [1.29, 1.82) is 0 Å². The van der Waals surface area contributed by atoms with Crippen LogP contribution in [0.2, 0.25) is 0 Å². The first-order chi connectivity index (χ1) is 5.62. The molecule has 1 saturated heterocycles. The maximum atomic E-state index is 9.17.